The zero-order valence-corrected chi connectivity index (χ0v) is 28.3. The van der Waals surface area contributed by atoms with Crippen molar-refractivity contribution in [1.29, 1.82) is 0 Å². The fourth-order valence-electron chi connectivity index (χ4n) is 5.34. The molecule has 0 saturated carbocycles. The monoisotopic (exact) mass is 696 g/mol. The van der Waals surface area contributed by atoms with E-state index in [0.717, 1.165) is 22.3 Å². The van der Waals surface area contributed by atoms with Crippen LogP contribution in [0.4, 0.5) is 0 Å². The summed E-state index contributed by atoms with van der Waals surface area (Å²) in [6.45, 7) is 0.248. The summed E-state index contributed by atoms with van der Waals surface area (Å²) in [5, 5.41) is -0.764. The van der Waals surface area contributed by atoms with Crippen molar-refractivity contribution in [3.8, 4) is 17.2 Å². The van der Waals surface area contributed by atoms with Crippen molar-refractivity contribution in [1.82, 2.24) is 0 Å². The van der Waals surface area contributed by atoms with Crippen LogP contribution in [0.15, 0.2) is 152 Å². The average Bonchev–Trinajstić information content (AvgIpc) is 3.18. The third-order valence-electron chi connectivity index (χ3n) is 7.92. The van der Waals surface area contributed by atoms with Gasteiger partial charge in [-0.1, -0.05) is 127 Å². The lowest BCUT2D eigenvalue weighted by Gasteiger charge is -2.20. The molecule has 0 aliphatic heterocycles. The van der Waals surface area contributed by atoms with Crippen LogP contribution in [-0.4, -0.2) is 17.0 Å². The minimum atomic E-state index is -0.764. The van der Waals surface area contributed by atoms with Crippen LogP contribution in [0.2, 0.25) is 0 Å². The molecule has 7 nitrogen and oxygen atoms in total. The topological polar surface area (TPSA) is 88.1 Å². The van der Waals surface area contributed by atoms with Crippen molar-refractivity contribution in [2.75, 3.05) is 0 Å². The first-order chi connectivity index (χ1) is 25.0. The Hall–Kier alpha value is -6.18. The van der Waals surface area contributed by atoms with Crippen LogP contribution in [0.1, 0.15) is 58.9 Å². The second-order valence-electron chi connectivity index (χ2n) is 11.5. The molecule has 0 spiro atoms. The van der Waals surface area contributed by atoms with Crippen LogP contribution in [0.25, 0.3) is 0 Å². The Morgan fingerprint density at radius 1 is 0.451 bits per heavy atom. The smallest absolute Gasteiger partial charge is 0.339 e. The van der Waals surface area contributed by atoms with E-state index in [4.69, 9.17) is 30.5 Å². The molecule has 0 radical (unpaired) electrons. The van der Waals surface area contributed by atoms with E-state index in [0.29, 0.717) is 0 Å². The highest BCUT2D eigenvalue weighted by molar-refractivity contribution is 6.67. The fraction of sp³-hybridized carbons (Fsp3) is 0.0930. The maximum Gasteiger partial charge on any atom is 0.339 e. The molecule has 6 aromatic carbocycles. The zero-order chi connectivity index (χ0) is 35.4. The van der Waals surface area contributed by atoms with Gasteiger partial charge in [-0.2, -0.15) is 0 Å². The molecular formula is C43H33ClO7. The SMILES string of the molecule is O=C(Cl)c1cc(OCc2ccccc2)c(C(=O)c2c(OCc3ccccc3)cccc2C(=O)OCc2ccccc2)c(OCc2ccccc2)c1. The molecule has 0 amide bonds. The molecule has 0 aromatic heterocycles. The van der Waals surface area contributed by atoms with Gasteiger partial charge < -0.3 is 18.9 Å². The van der Waals surface area contributed by atoms with E-state index in [9.17, 15) is 9.59 Å². The molecule has 0 N–H and O–H groups in total. The van der Waals surface area contributed by atoms with Crippen LogP contribution in [0.5, 0.6) is 17.2 Å². The lowest BCUT2D eigenvalue weighted by molar-refractivity contribution is 0.0469. The lowest BCUT2D eigenvalue weighted by atomic mass is 9.94. The number of hydrogen-bond donors (Lipinski definition) is 0. The molecule has 0 fully saturated rings. The fourth-order valence-corrected chi connectivity index (χ4v) is 5.45. The lowest BCUT2D eigenvalue weighted by Crippen LogP contribution is -2.17. The standard InChI is InChI=1S/C43H33ClO7/c44-42(46)34-24-37(49-27-31-16-7-2-8-17-31)40(38(25-34)50-28-32-18-9-3-10-19-32)41(45)39-35(43(47)51-29-33-20-11-4-12-21-33)22-13-23-36(39)48-26-30-14-5-1-6-15-30/h1-25H,26-29H2. The van der Waals surface area contributed by atoms with Crippen molar-refractivity contribution < 1.29 is 33.3 Å². The highest BCUT2D eigenvalue weighted by atomic mass is 35.5. The Kier molecular flexibility index (Phi) is 11.5. The van der Waals surface area contributed by atoms with E-state index in [1.54, 1.807) is 12.1 Å². The average molecular weight is 697 g/mol. The van der Waals surface area contributed by atoms with Crippen LogP contribution >= 0.6 is 11.6 Å². The molecular weight excluding hydrogens is 664 g/mol. The first-order valence-electron chi connectivity index (χ1n) is 16.2. The van der Waals surface area contributed by atoms with Crippen molar-refractivity contribution in [3.63, 3.8) is 0 Å². The summed E-state index contributed by atoms with van der Waals surface area (Å²) in [4.78, 5) is 41.4. The predicted molar refractivity (Wildman–Crippen MR) is 194 cm³/mol. The first kappa shape index (κ1) is 34.7. The first-order valence-corrected chi connectivity index (χ1v) is 16.6. The Bertz CT molecular complexity index is 2040. The summed E-state index contributed by atoms with van der Waals surface area (Å²) in [7, 11) is 0. The van der Waals surface area contributed by atoms with Gasteiger partial charge in [0.05, 0.1) is 11.1 Å². The minimum absolute atomic E-state index is 0.00813. The minimum Gasteiger partial charge on any atom is -0.488 e. The van der Waals surface area contributed by atoms with Crippen molar-refractivity contribution in [3.05, 3.63) is 196 Å². The van der Waals surface area contributed by atoms with Crippen molar-refractivity contribution >= 4 is 28.6 Å². The van der Waals surface area contributed by atoms with Crippen molar-refractivity contribution in [2.24, 2.45) is 0 Å². The molecule has 0 unspecified atom stereocenters. The van der Waals surface area contributed by atoms with Gasteiger partial charge in [-0.3, -0.25) is 9.59 Å². The van der Waals surface area contributed by atoms with E-state index in [2.05, 4.69) is 0 Å². The van der Waals surface area contributed by atoms with E-state index < -0.39 is 17.0 Å². The number of carbonyl (C=O) groups is 3. The van der Waals surface area contributed by atoms with Gasteiger partial charge in [0.25, 0.3) is 5.24 Å². The molecule has 6 rings (SSSR count). The van der Waals surface area contributed by atoms with Gasteiger partial charge in [0.15, 0.2) is 0 Å². The highest BCUT2D eigenvalue weighted by Crippen LogP contribution is 2.38. The Balaban J connectivity index is 1.46. The predicted octanol–water partition coefficient (Wildman–Crippen LogP) is 9.39. The molecule has 8 heteroatoms. The maximum atomic E-state index is 15.1. The number of rotatable bonds is 15. The van der Waals surface area contributed by atoms with Gasteiger partial charge in [-0.05, 0) is 58.1 Å². The largest absolute Gasteiger partial charge is 0.488 e. The summed E-state index contributed by atoms with van der Waals surface area (Å²) in [5.41, 5.74) is 3.27. The van der Waals surface area contributed by atoms with E-state index in [-0.39, 0.29) is 65.9 Å². The van der Waals surface area contributed by atoms with Gasteiger partial charge in [-0.15, -0.1) is 0 Å². The number of halogens is 1. The van der Waals surface area contributed by atoms with Gasteiger partial charge in [0.1, 0.15) is 49.2 Å². The highest BCUT2D eigenvalue weighted by Gasteiger charge is 2.30. The van der Waals surface area contributed by atoms with Crippen LogP contribution in [0.3, 0.4) is 0 Å². The van der Waals surface area contributed by atoms with Gasteiger partial charge >= 0.3 is 5.97 Å². The second-order valence-corrected chi connectivity index (χ2v) is 11.9. The molecule has 0 heterocycles. The van der Waals surface area contributed by atoms with Crippen LogP contribution in [-0.2, 0) is 31.2 Å². The van der Waals surface area contributed by atoms with Crippen LogP contribution < -0.4 is 14.2 Å². The number of ketones is 1. The molecule has 0 atom stereocenters. The maximum absolute atomic E-state index is 15.1. The second kappa shape index (κ2) is 17.0. The third-order valence-corrected chi connectivity index (χ3v) is 8.14. The van der Waals surface area contributed by atoms with Gasteiger partial charge in [0.2, 0.25) is 5.78 Å². The number of carbonyl (C=O) groups excluding carboxylic acids is 3. The zero-order valence-electron chi connectivity index (χ0n) is 27.5. The molecule has 0 bridgehead atoms. The number of ether oxygens (including phenoxy) is 4. The molecule has 51 heavy (non-hydrogen) atoms. The Labute approximate surface area is 301 Å². The molecule has 254 valence electrons. The number of hydrogen-bond acceptors (Lipinski definition) is 7. The molecule has 0 saturated heterocycles. The molecule has 6 aromatic rings. The molecule has 0 aliphatic carbocycles. The summed E-state index contributed by atoms with van der Waals surface area (Å²) in [6.07, 6.45) is 0. The van der Waals surface area contributed by atoms with Crippen molar-refractivity contribution in [2.45, 2.75) is 26.4 Å². The number of esters is 1. The summed E-state index contributed by atoms with van der Waals surface area (Å²) >= 11 is 5.99. The Morgan fingerprint density at radius 3 is 1.29 bits per heavy atom. The van der Waals surface area contributed by atoms with Gasteiger partial charge in [-0.25, -0.2) is 4.79 Å². The normalized spacial score (nSPS) is 10.6. The molecule has 0 aliphatic rings. The van der Waals surface area contributed by atoms with E-state index in [1.165, 1.54) is 18.2 Å². The Morgan fingerprint density at radius 2 is 0.863 bits per heavy atom. The summed E-state index contributed by atoms with van der Waals surface area (Å²) < 4.78 is 24.5. The summed E-state index contributed by atoms with van der Waals surface area (Å²) in [5.74, 6) is -1.12. The van der Waals surface area contributed by atoms with Gasteiger partial charge in [0, 0.05) is 5.56 Å². The summed E-state index contributed by atoms with van der Waals surface area (Å²) in [6, 6.07) is 45.0. The third kappa shape index (κ3) is 9.09. The quantitative estimate of drug-likeness (QED) is 0.0601. The van der Waals surface area contributed by atoms with Crippen LogP contribution in [0, 0.1) is 0 Å². The van der Waals surface area contributed by atoms with E-state index >= 15 is 4.79 Å². The number of benzene rings is 6. The van der Waals surface area contributed by atoms with E-state index in [1.807, 2.05) is 121 Å².